The van der Waals surface area contributed by atoms with E-state index in [-0.39, 0.29) is 11.4 Å². The van der Waals surface area contributed by atoms with Crippen molar-refractivity contribution in [2.45, 2.75) is 31.7 Å². The van der Waals surface area contributed by atoms with Crippen LogP contribution in [0.5, 0.6) is 0 Å². The Bertz CT molecular complexity index is 696. The molecule has 1 aliphatic carbocycles. The maximum absolute atomic E-state index is 12.3. The van der Waals surface area contributed by atoms with Crippen LogP contribution in [0, 0.1) is 6.92 Å². The van der Waals surface area contributed by atoms with E-state index in [1.165, 1.54) is 12.0 Å². The number of rotatable bonds is 5. The molecule has 4 heteroatoms. The molecule has 0 spiro atoms. The van der Waals surface area contributed by atoms with E-state index in [2.05, 4.69) is 22.8 Å². The van der Waals surface area contributed by atoms with Crippen molar-refractivity contribution < 1.29 is 4.79 Å². The van der Waals surface area contributed by atoms with Crippen LogP contribution in [-0.4, -0.2) is 12.5 Å². The third-order valence-corrected chi connectivity index (χ3v) is 4.83. The first-order valence-corrected chi connectivity index (χ1v) is 8.33. The van der Waals surface area contributed by atoms with Gasteiger partial charge in [-0.3, -0.25) is 10.1 Å². The van der Waals surface area contributed by atoms with Crippen molar-refractivity contribution in [3.05, 3.63) is 64.7 Å². The van der Waals surface area contributed by atoms with Gasteiger partial charge in [0, 0.05) is 16.2 Å². The Morgan fingerprint density at radius 3 is 2.57 bits per heavy atom. The Labute approximate surface area is 142 Å². The van der Waals surface area contributed by atoms with Gasteiger partial charge in [0.25, 0.3) is 0 Å². The van der Waals surface area contributed by atoms with E-state index in [1.807, 2.05) is 37.3 Å². The van der Waals surface area contributed by atoms with Gasteiger partial charge >= 0.3 is 0 Å². The van der Waals surface area contributed by atoms with Gasteiger partial charge in [-0.25, -0.2) is 0 Å². The lowest BCUT2D eigenvalue weighted by atomic mass is 9.72. The number of nitrogens with one attached hydrogen (secondary N) is 2. The number of benzene rings is 2. The van der Waals surface area contributed by atoms with Crippen molar-refractivity contribution >= 4 is 23.2 Å². The number of carbonyl (C=O) groups is 1. The molecule has 2 aromatic carbocycles. The topological polar surface area (TPSA) is 41.1 Å². The van der Waals surface area contributed by atoms with Crippen molar-refractivity contribution in [2.24, 2.45) is 0 Å². The molecule has 0 aliphatic heterocycles. The molecule has 1 fully saturated rings. The van der Waals surface area contributed by atoms with E-state index >= 15 is 0 Å². The second-order valence-corrected chi connectivity index (χ2v) is 6.60. The molecule has 1 amide bonds. The smallest absolute Gasteiger partial charge is 0.238 e. The van der Waals surface area contributed by atoms with Gasteiger partial charge in [0.15, 0.2) is 0 Å². The Morgan fingerprint density at radius 2 is 1.91 bits per heavy atom. The number of hydrogen-bond donors (Lipinski definition) is 2. The number of aryl methyl sites for hydroxylation is 1. The van der Waals surface area contributed by atoms with Crippen molar-refractivity contribution in [1.29, 1.82) is 0 Å². The van der Waals surface area contributed by atoms with Crippen LogP contribution in [0.1, 0.15) is 30.4 Å². The normalized spacial score (nSPS) is 15.7. The lowest BCUT2D eigenvalue weighted by Gasteiger charge is -2.43. The van der Waals surface area contributed by atoms with Crippen molar-refractivity contribution in [3.63, 3.8) is 0 Å². The zero-order valence-corrected chi connectivity index (χ0v) is 14.0. The Hall–Kier alpha value is -1.84. The number of amides is 1. The second-order valence-electron chi connectivity index (χ2n) is 6.16. The molecule has 0 aromatic heterocycles. The molecule has 2 N–H and O–H groups in total. The van der Waals surface area contributed by atoms with Gasteiger partial charge in [-0.1, -0.05) is 48.0 Å². The lowest BCUT2D eigenvalue weighted by molar-refractivity contribution is -0.116. The molecule has 0 unspecified atom stereocenters. The van der Waals surface area contributed by atoms with Gasteiger partial charge in [-0.15, -0.1) is 0 Å². The Balaban J connectivity index is 1.63. The van der Waals surface area contributed by atoms with Gasteiger partial charge < -0.3 is 5.32 Å². The van der Waals surface area contributed by atoms with Crippen molar-refractivity contribution in [3.8, 4) is 0 Å². The molecule has 1 saturated carbocycles. The van der Waals surface area contributed by atoms with Crippen molar-refractivity contribution in [2.75, 3.05) is 11.9 Å². The van der Waals surface area contributed by atoms with E-state index in [0.29, 0.717) is 11.6 Å². The molecule has 1 aliphatic rings. The molecule has 0 atom stereocenters. The summed E-state index contributed by atoms with van der Waals surface area (Å²) < 4.78 is 0. The highest BCUT2D eigenvalue weighted by molar-refractivity contribution is 6.31. The van der Waals surface area contributed by atoms with Crippen LogP contribution in [0.3, 0.4) is 0 Å². The minimum absolute atomic E-state index is 0.0439. The predicted octanol–water partition coefficient (Wildman–Crippen LogP) is 4.26. The molecule has 23 heavy (non-hydrogen) atoms. The van der Waals surface area contributed by atoms with Crippen LogP contribution in [0.25, 0.3) is 0 Å². The summed E-state index contributed by atoms with van der Waals surface area (Å²) in [6.45, 7) is 2.25. The molecular weight excluding hydrogens is 308 g/mol. The molecular formula is C19H21ClN2O. The number of carbonyl (C=O) groups excluding carboxylic acids is 1. The Kier molecular flexibility index (Phi) is 4.69. The van der Waals surface area contributed by atoms with E-state index < -0.39 is 0 Å². The largest absolute Gasteiger partial charge is 0.325 e. The molecule has 0 radical (unpaired) electrons. The average Bonchev–Trinajstić information content (AvgIpc) is 2.51. The fourth-order valence-corrected chi connectivity index (χ4v) is 3.20. The maximum atomic E-state index is 12.3. The quantitative estimate of drug-likeness (QED) is 0.861. The average molecular weight is 329 g/mol. The van der Waals surface area contributed by atoms with Gasteiger partial charge in [0.1, 0.15) is 0 Å². The summed E-state index contributed by atoms with van der Waals surface area (Å²) in [4.78, 5) is 12.3. The molecule has 0 bridgehead atoms. The first-order chi connectivity index (χ1) is 11.1. The van der Waals surface area contributed by atoms with E-state index in [9.17, 15) is 4.79 Å². The summed E-state index contributed by atoms with van der Waals surface area (Å²) in [6.07, 6.45) is 3.33. The highest BCUT2D eigenvalue weighted by Gasteiger charge is 2.38. The zero-order chi connectivity index (χ0) is 16.3. The third kappa shape index (κ3) is 3.57. The lowest BCUT2D eigenvalue weighted by Crippen LogP contribution is -2.50. The molecule has 3 rings (SSSR count). The first-order valence-electron chi connectivity index (χ1n) is 7.96. The third-order valence-electron chi connectivity index (χ3n) is 4.59. The van der Waals surface area contributed by atoms with Crippen LogP contribution in [0.2, 0.25) is 5.02 Å². The summed E-state index contributed by atoms with van der Waals surface area (Å²) in [5.41, 5.74) is 2.98. The summed E-state index contributed by atoms with van der Waals surface area (Å²) in [5.74, 6) is -0.0439. The highest BCUT2D eigenvalue weighted by Crippen LogP contribution is 2.40. The molecule has 0 saturated heterocycles. The van der Waals surface area contributed by atoms with E-state index in [4.69, 9.17) is 11.6 Å². The number of anilines is 1. The predicted molar refractivity (Wildman–Crippen MR) is 94.8 cm³/mol. The summed E-state index contributed by atoms with van der Waals surface area (Å²) in [6, 6.07) is 15.9. The molecule has 3 nitrogen and oxygen atoms in total. The number of hydrogen-bond acceptors (Lipinski definition) is 2. The van der Waals surface area contributed by atoms with Crippen LogP contribution < -0.4 is 10.6 Å². The SMILES string of the molecule is Cc1ccc(Cl)cc1NC(=O)CNC1(c2ccccc2)CCC1. The fourth-order valence-electron chi connectivity index (χ4n) is 3.03. The standard InChI is InChI=1S/C19H21ClN2O/c1-14-8-9-16(20)12-17(14)22-18(23)13-21-19(10-5-11-19)15-6-3-2-4-7-15/h2-4,6-9,12,21H,5,10-11,13H2,1H3,(H,22,23). The van der Waals surface area contributed by atoms with Gasteiger partial charge in [-0.2, -0.15) is 0 Å². The van der Waals surface area contributed by atoms with Gasteiger partial charge in [0.05, 0.1) is 6.54 Å². The second kappa shape index (κ2) is 6.73. The summed E-state index contributed by atoms with van der Waals surface area (Å²) >= 11 is 5.99. The van der Waals surface area contributed by atoms with Crippen LogP contribution >= 0.6 is 11.6 Å². The fraction of sp³-hybridized carbons (Fsp3) is 0.316. The maximum Gasteiger partial charge on any atom is 0.238 e. The van der Waals surface area contributed by atoms with E-state index in [0.717, 1.165) is 24.1 Å². The minimum atomic E-state index is -0.0536. The van der Waals surface area contributed by atoms with Gasteiger partial charge in [0.2, 0.25) is 5.91 Å². The molecule has 0 heterocycles. The monoisotopic (exact) mass is 328 g/mol. The zero-order valence-electron chi connectivity index (χ0n) is 13.2. The number of halogens is 1. The Morgan fingerprint density at radius 1 is 1.17 bits per heavy atom. The van der Waals surface area contributed by atoms with E-state index in [1.54, 1.807) is 6.07 Å². The van der Waals surface area contributed by atoms with Crippen LogP contribution in [0.4, 0.5) is 5.69 Å². The van der Waals surface area contributed by atoms with Crippen LogP contribution in [-0.2, 0) is 10.3 Å². The highest BCUT2D eigenvalue weighted by atomic mass is 35.5. The molecule has 2 aromatic rings. The summed E-state index contributed by atoms with van der Waals surface area (Å²) in [5, 5.41) is 7.02. The van der Waals surface area contributed by atoms with Crippen LogP contribution in [0.15, 0.2) is 48.5 Å². The first kappa shape index (κ1) is 16.0. The van der Waals surface area contributed by atoms with Gasteiger partial charge in [-0.05, 0) is 49.4 Å². The molecule has 120 valence electrons. The minimum Gasteiger partial charge on any atom is -0.325 e. The van der Waals surface area contributed by atoms with Crippen molar-refractivity contribution in [1.82, 2.24) is 5.32 Å². The summed E-state index contributed by atoms with van der Waals surface area (Å²) in [7, 11) is 0.